The minimum absolute atomic E-state index is 0.0522. The van der Waals surface area contributed by atoms with E-state index >= 15 is 0 Å². The van der Waals surface area contributed by atoms with Gasteiger partial charge < -0.3 is 15.0 Å². The lowest BCUT2D eigenvalue weighted by Gasteiger charge is -2.54. The summed E-state index contributed by atoms with van der Waals surface area (Å²) in [6.07, 6.45) is 5.41. The van der Waals surface area contributed by atoms with Crippen molar-refractivity contribution in [1.82, 2.24) is 19.4 Å². The Kier molecular flexibility index (Phi) is 5.24. The van der Waals surface area contributed by atoms with Gasteiger partial charge in [0.15, 0.2) is 0 Å². The molecule has 1 saturated heterocycles. The molecule has 2 saturated carbocycles. The highest BCUT2D eigenvalue weighted by molar-refractivity contribution is 7.18. The SMILES string of the molecule is COCCn1c(=O)n(C2CC3(CCC3)C2)c(=O)c2c(C)c(CN3CCNC(=O)C3=O)sc21. The van der Waals surface area contributed by atoms with E-state index in [-0.39, 0.29) is 23.8 Å². The van der Waals surface area contributed by atoms with Crippen LogP contribution in [0.3, 0.4) is 0 Å². The van der Waals surface area contributed by atoms with Gasteiger partial charge in [-0.1, -0.05) is 6.42 Å². The summed E-state index contributed by atoms with van der Waals surface area (Å²) in [4.78, 5) is 53.9. The smallest absolute Gasteiger partial charge is 0.332 e. The van der Waals surface area contributed by atoms with Crippen molar-refractivity contribution >= 4 is 33.4 Å². The number of ether oxygens (including phenoxy) is 1. The molecule has 2 amide bonds. The van der Waals surface area contributed by atoms with Gasteiger partial charge in [-0.2, -0.15) is 0 Å². The minimum Gasteiger partial charge on any atom is -0.383 e. The van der Waals surface area contributed by atoms with E-state index in [1.54, 1.807) is 11.7 Å². The van der Waals surface area contributed by atoms with Crippen LogP contribution in [0.5, 0.6) is 0 Å². The van der Waals surface area contributed by atoms with Crippen molar-refractivity contribution in [2.24, 2.45) is 5.41 Å². The van der Waals surface area contributed by atoms with Gasteiger partial charge in [-0.3, -0.25) is 23.5 Å². The molecule has 2 aromatic heterocycles. The molecule has 3 fully saturated rings. The molecule has 10 heteroatoms. The van der Waals surface area contributed by atoms with E-state index in [2.05, 4.69) is 5.32 Å². The molecule has 5 rings (SSSR count). The maximum Gasteiger partial charge on any atom is 0.332 e. The van der Waals surface area contributed by atoms with E-state index in [4.69, 9.17) is 4.74 Å². The van der Waals surface area contributed by atoms with Gasteiger partial charge >= 0.3 is 17.5 Å². The molecule has 2 aromatic rings. The number of thiophene rings is 1. The number of amides is 2. The van der Waals surface area contributed by atoms with Gasteiger partial charge in [0.1, 0.15) is 4.83 Å². The maximum atomic E-state index is 13.6. The molecule has 2 aliphatic carbocycles. The summed E-state index contributed by atoms with van der Waals surface area (Å²) < 4.78 is 8.34. The maximum absolute atomic E-state index is 13.6. The van der Waals surface area contributed by atoms with Gasteiger partial charge in [0, 0.05) is 31.1 Å². The fraction of sp³-hybridized carbons (Fsp3) is 0.636. The van der Waals surface area contributed by atoms with Gasteiger partial charge in [-0.05, 0) is 43.6 Å². The quantitative estimate of drug-likeness (QED) is 0.652. The van der Waals surface area contributed by atoms with E-state index in [0.717, 1.165) is 23.3 Å². The fourth-order valence-electron chi connectivity index (χ4n) is 5.42. The average Bonchev–Trinajstić information content (AvgIpc) is 3.02. The Bertz CT molecular complexity index is 1210. The Morgan fingerprint density at radius 2 is 1.94 bits per heavy atom. The number of carbonyl (C=O) groups excluding carboxylic acids is 2. The van der Waals surface area contributed by atoms with E-state index < -0.39 is 11.8 Å². The van der Waals surface area contributed by atoms with Crippen LogP contribution in [0, 0.1) is 12.3 Å². The van der Waals surface area contributed by atoms with Crippen LogP contribution in [-0.2, 0) is 27.4 Å². The van der Waals surface area contributed by atoms with Crippen LogP contribution in [0.1, 0.15) is 48.6 Å². The first-order valence-corrected chi connectivity index (χ1v) is 12.0. The number of nitrogens with one attached hydrogen (secondary N) is 1. The van der Waals surface area contributed by atoms with Crippen molar-refractivity contribution in [3.63, 3.8) is 0 Å². The second-order valence-electron chi connectivity index (χ2n) is 9.33. The lowest BCUT2D eigenvalue weighted by Crippen LogP contribution is -2.51. The fourth-order valence-corrected chi connectivity index (χ4v) is 6.75. The zero-order chi connectivity index (χ0) is 22.6. The number of aryl methyl sites for hydroxylation is 1. The van der Waals surface area contributed by atoms with Crippen LogP contribution in [-0.4, -0.2) is 52.7 Å². The van der Waals surface area contributed by atoms with Gasteiger partial charge in [0.2, 0.25) is 0 Å². The molecule has 1 aliphatic heterocycles. The molecule has 0 aromatic carbocycles. The van der Waals surface area contributed by atoms with E-state index in [1.807, 2.05) is 6.92 Å². The van der Waals surface area contributed by atoms with Gasteiger partial charge in [0.25, 0.3) is 5.56 Å². The Balaban J connectivity index is 1.58. The zero-order valence-electron chi connectivity index (χ0n) is 18.4. The summed E-state index contributed by atoms with van der Waals surface area (Å²) in [5.74, 6) is -1.17. The van der Waals surface area contributed by atoms with Gasteiger partial charge in [-0.25, -0.2) is 4.79 Å². The number of nitrogens with zero attached hydrogens (tertiary/aromatic N) is 3. The number of fused-ring (bicyclic) bond motifs is 1. The predicted molar refractivity (Wildman–Crippen MR) is 120 cm³/mol. The molecule has 0 bridgehead atoms. The van der Waals surface area contributed by atoms with Crippen LogP contribution in [0.2, 0.25) is 0 Å². The molecule has 0 atom stereocenters. The Morgan fingerprint density at radius 3 is 2.59 bits per heavy atom. The second-order valence-corrected chi connectivity index (χ2v) is 10.4. The number of aromatic nitrogens is 2. The normalized spacial score (nSPS) is 20.5. The first-order valence-electron chi connectivity index (χ1n) is 11.2. The van der Waals surface area contributed by atoms with Crippen molar-refractivity contribution < 1.29 is 14.3 Å². The second kappa shape index (κ2) is 7.84. The van der Waals surface area contributed by atoms with Gasteiger partial charge in [0.05, 0.1) is 25.1 Å². The highest BCUT2D eigenvalue weighted by Crippen LogP contribution is 2.59. The lowest BCUT2D eigenvalue weighted by atomic mass is 9.54. The summed E-state index contributed by atoms with van der Waals surface area (Å²) in [7, 11) is 1.59. The Morgan fingerprint density at radius 1 is 1.19 bits per heavy atom. The van der Waals surface area contributed by atoms with Gasteiger partial charge in [-0.15, -0.1) is 11.3 Å². The molecule has 172 valence electrons. The number of hydrogen-bond donors (Lipinski definition) is 1. The third kappa shape index (κ3) is 3.23. The monoisotopic (exact) mass is 460 g/mol. The summed E-state index contributed by atoms with van der Waals surface area (Å²) in [6.45, 7) is 3.66. The molecule has 9 nitrogen and oxygen atoms in total. The highest BCUT2D eigenvalue weighted by Gasteiger charge is 2.49. The third-order valence-corrected chi connectivity index (χ3v) is 8.76. The topological polar surface area (TPSA) is 103 Å². The van der Waals surface area contributed by atoms with Crippen molar-refractivity contribution in [2.45, 2.75) is 58.2 Å². The van der Waals surface area contributed by atoms with E-state index in [0.29, 0.717) is 41.9 Å². The largest absolute Gasteiger partial charge is 0.383 e. The summed E-state index contributed by atoms with van der Waals surface area (Å²) in [5.41, 5.74) is 0.610. The summed E-state index contributed by atoms with van der Waals surface area (Å²) in [5, 5.41) is 3.09. The molecule has 1 N–H and O–H groups in total. The van der Waals surface area contributed by atoms with E-state index in [1.165, 1.54) is 40.1 Å². The van der Waals surface area contributed by atoms with Crippen LogP contribution in [0.15, 0.2) is 9.59 Å². The van der Waals surface area contributed by atoms with Crippen molar-refractivity contribution in [3.05, 3.63) is 31.3 Å². The van der Waals surface area contributed by atoms with Crippen molar-refractivity contribution in [1.29, 1.82) is 0 Å². The standard InChI is InChI=1S/C22H28N4O5S/c1-13-15(12-24-7-6-23-17(27)19(24)29)32-20-16(13)18(28)26(21(30)25(20)8-9-31-2)14-10-22(11-14)4-3-5-22/h14H,3-12H2,1-2H3,(H,23,27). The van der Waals surface area contributed by atoms with Crippen LogP contribution < -0.4 is 16.6 Å². The molecule has 1 spiro atoms. The molecule has 0 unspecified atom stereocenters. The third-order valence-electron chi connectivity index (χ3n) is 7.46. The number of methoxy groups -OCH3 is 1. The Labute approximate surface area is 189 Å². The number of piperazine rings is 1. The molecule has 0 radical (unpaired) electrons. The number of carbonyl (C=O) groups is 2. The molecule has 32 heavy (non-hydrogen) atoms. The van der Waals surface area contributed by atoms with Crippen LogP contribution in [0.25, 0.3) is 10.2 Å². The number of hydrogen-bond acceptors (Lipinski definition) is 6. The first kappa shape index (κ1) is 21.4. The molecule has 3 aliphatic rings. The van der Waals surface area contributed by atoms with E-state index in [9.17, 15) is 19.2 Å². The number of rotatable bonds is 6. The zero-order valence-corrected chi connectivity index (χ0v) is 19.3. The molecular formula is C22H28N4O5S. The summed E-state index contributed by atoms with van der Waals surface area (Å²) in [6, 6.07) is -0.0522. The summed E-state index contributed by atoms with van der Waals surface area (Å²) >= 11 is 1.36. The van der Waals surface area contributed by atoms with Crippen molar-refractivity contribution in [2.75, 3.05) is 26.8 Å². The predicted octanol–water partition coefficient (Wildman–Crippen LogP) is 1.14. The van der Waals surface area contributed by atoms with Crippen LogP contribution >= 0.6 is 11.3 Å². The Hall–Kier alpha value is -2.46. The molecule has 3 heterocycles. The molecular weight excluding hydrogens is 432 g/mol. The van der Waals surface area contributed by atoms with Crippen molar-refractivity contribution in [3.8, 4) is 0 Å². The first-order chi connectivity index (χ1) is 15.3. The lowest BCUT2D eigenvalue weighted by molar-refractivity contribution is -0.148. The minimum atomic E-state index is -0.607. The average molecular weight is 461 g/mol. The van der Waals surface area contributed by atoms with Crippen LogP contribution in [0.4, 0.5) is 0 Å². The highest BCUT2D eigenvalue weighted by atomic mass is 32.1.